The molecule has 16 heavy (non-hydrogen) atoms. The lowest BCUT2D eigenvalue weighted by Crippen LogP contribution is -2.39. The summed E-state index contributed by atoms with van der Waals surface area (Å²) in [4.78, 5) is 11.4. The van der Waals surface area contributed by atoms with Crippen LogP contribution in [0.1, 0.15) is 39.0 Å². The first kappa shape index (κ1) is 15.4. The minimum atomic E-state index is -0.183. The second-order valence-electron chi connectivity index (χ2n) is 3.87. The molecule has 4 heteroatoms. The first-order valence-electron chi connectivity index (χ1n) is 6.06. The molecule has 1 N–H and O–H groups in total. The van der Waals surface area contributed by atoms with Gasteiger partial charge in [-0.1, -0.05) is 32.6 Å². The highest BCUT2D eigenvalue weighted by Crippen LogP contribution is 2.06. The predicted octanol–water partition coefficient (Wildman–Crippen LogP) is 1.73. The normalized spacial score (nSPS) is 12.4. The molecule has 0 spiro atoms. The number of methoxy groups -OCH3 is 2. The molecule has 96 valence electrons. The van der Waals surface area contributed by atoms with Gasteiger partial charge in [-0.15, -0.1) is 0 Å². The molecule has 0 rings (SSSR count). The van der Waals surface area contributed by atoms with Crippen LogP contribution in [0.15, 0.2) is 0 Å². The quantitative estimate of drug-likeness (QED) is 0.459. The zero-order valence-corrected chi connectivity index (χ0v) is 10.8. The third-order valence-corrected chi connectivity index (χ3v) is 2.53. The summed E-state index contributed by atoms with van der Waals surface area (Å²) < 4.78 is 9.69. The van der Waals surface area contributed by atoms with Crippen LogP contribution in [0.25, 0.3) is 0 Å². The molecule has 0 saturated carbocycles. The first-order chi connectivity index (χ1) is 7.76. The molecule has 0 heterocycles. The summed E-state index contributed by atoms with van der Waals surface area (Å²) in [5, 5.41) is 3.15. The van der Waals surface area contributed by atoms with Gasteiger partial charge in [-0.05, 0) is 6.42 Å². The second-order valence-corrected chi connectivity index (χ2v) is 3.87. The van der Waals surface area contributed by atoms with Gasteiger partial charge in [-0.2, -0.15) is 0 Å². The van der Waals surface area contributed by atoms with E-state index in [9.17, 15) is 4.79 Å². The van der Waals surface area contributed by atoms with Crippen molar-refractivity contribution in [1.82, 2.24) is 5.32 Å². The van der Waals surface area contributed by atoms with Gasteiger partial charge >= 0.3 is 5.97 Å². The van der Waals surface area contributed by atoms with Crippen molar-refractivity contribution in [3.05, 3.63) is 0 Å². The van der Waals surface area contributed by atoms with Crippen LogP contribution >= 0.6 is 0 Å². The number of nitrogens with one attached hydrogen (secondary N) is 1. The number of carbonyl (C=O) groups is 1. The number of ether oxygens (including phenoxy) is 2. The molecular formula is C12H25NO3. The number of unbranched alkanes of at least 4 members (excludes halogenated alkanes) is 3. The van der Waals surface area contributed by atoms with Crippen molar-refractivity contribution < 1.29 is 14.3 Å². The largest absolute Gasteiger partial charge is 0.468 e. The van der Waals surface area contributed by atoms with E-state index in [2.05, 4.69) is 12.2 Å². The lowest BCUT2D eigenvalue weighted by Gasteiger charge is -2.15. The average molecular weight is 231 g/mol. The van der Waals surface area contributed by atoms with Gasteiger partial charge in [0.2, 0.25) is 0 Å². The van der Waals surface area contributed by atoms with Gasteiger partial charge in [0.25, 0.3) is 0 Å². The van der Waals surface area contributed by atoms with Crippen molar-refractivity contribution in [3.8, 4) is 0 Å². The minimum absolute atomic E-state index is 0.174. The van der Waals surface area contributed by atoms with Crippen LogP contribution in [-0.4, -0.2) is 39.4 Å². The highest BCUT2D eigenvalue weighted by Gasteiger charge is 2.17. The summed E-state index contributed by atoms with van der Waals surface area (Å²) in [7, 11) is 3.08. The Bertz CT molecular complexity index is 174. The lowest BCUT2D eigenvalue weighted by molar-refractivity contribution is -0.143. The Morgan fingerprint density at radius 3 is 2.56 bits per heavy atom. The van der Waals surface area contributed by atoms with E-state index >= 15 is 0 Å². The van der Waals surface area contributed by atoms with E-state index in [4.69, 9.17) is 9.47 Å². The van der Waals surface area contributed by atoms with E-state index in [1.165, 1.54) is 26.4 Å². The van der Waals surface area contributed by atoms with Crippen molar-refractivity contribution in [3.63, 3.8) is 0 Å². The Hall–Kier alpha value is -0.610. The molecule has 0 radical (unpaired) electrons. The third-order valence-electron chi connectivity index (χ3n) is 2.53. The topological polar surface area (TPSA) is 47.6 Å². The summed E-state index contributed by atoms with van der Waals surface area (Å²) in [6.45, 7) is 3.47. The summed E-state index contributed by atoms with van der Waals surface area (Å²) >= 11 is 0. The summed E-state index contributed by atoms with van der Waals surface area (Å²) in [5.41, 5.74) is 0. The molecular weight excluding hydrogens is 206 g/mol. The van der Waals surface area contributed by atoms with Gasteiger partial charge < -0.3 is 14.8 Å². The Morgan fingerprint density at radius 2 is 2.00 bits per heavy atom. The Balaban J connectivity index is 3.77. The molecule has 0 aromatic heterocycles. The fourth-order valence-electron chi connectivity index (χ4n) is 1.56. The van der Waals surface area contributed by atoms with Crippen molar-refractivity contribution in [2.24, 2.45) is 0 Å². The van der Waals surface area contributed by atoms with Crippen molar-refractivity contribution in [2.45, 2.75) is 45.1 Å². The maximum atomic E-state index is 11.4. The number of hydrogen-bond acceptors (Lipinski definition) is 4. The fraction of sp³-hybridized carbons (Fsp3) is 0.917. The predicted molar refractivity (Wildman–Crippen MR) is 64.4 cm³/mol. The lowest BCUT2D eigenvalue weighted by atomic mass is 10.1. The van der Waals surface area contributed by atoms with E-state index in [0.29, 0.717) is 13.2 Å². The SMILES string of the molecule is CCCCCCC(NCCOC)C(=O)OC. The summed E-state index contributed by atoms with van der Waals surface area (Å²) in [5.74, 6) is -0.174. The van der Waals surface area contributed by atoms with Crippen LogP contribution < -0.4 is 5.32 Å². The average Bonchev–Trinajstić information content (AvgIpc) is 2.31. The van der Waals surface area contributed by atoms with Crippen molar-refractivity contribution in [2.75, 3.05) is 27.4 Å². The van der Waals surface area contributed by atoms with Crippen LogP contribution in [0.5, 0.6) is 0 Å². The zero-order chi connectivity index (χ0) is 12.2. The van der Waals surface area contributed by atoms with E-state index in [-0.39, 0.29) is 12.0 Å². The molecule has 1 atom stereocenters. The standard InChI is InChI=1S/C12H25NO3/c1-4-5-6-7-8-11(12(14)16-3)13-9-10-15-2/h11,13H,4-10H2,1-3H3. The molecule has 0 aromatic carbocycles. The molecule has 4 nitrogen and oxygen atoms in total. The first-order valence-corrected chi connectivity index (χ1v) is 6.06. The van der Waals surface area contributed by atoms with Gasteiger partial charge in [-0.25, -0.2) is 0 Å². The van der Waals surface area contributed by atoms with Crippen LogP contribution in [0.2, 0.25) is 0 Å². The van der Waals surface area contributed by atoms with E-state index in [1.54, 1.807) is 7.11 Å². The molecule has 0 saturated heterocycles. The second kappa shape index (κ2) is 10.9. The molecule has 0 aromatic rings. The number of rotatable bonds is 10. The molecule has 0 amide bonds. The summed E-state index contributed by atoms with van der Waals surface area (Å²) in [6, 6.07) is -0.183. The molecule has 0 aliphatic heterocycles. The van der Waals surface area contributed by atoms with Gasteiger partial charge in [-0.3, -0.25) is 4.79 Å². The maximum absolute atomic E-state index is 11.4. The van der Waals surface area contributed by atoms with Crippen LogP contribution in [-0.2, 0) is 14.3 Å². The fourth-order valence-corrected chi connectivity index (χ4v) is 1.56. The molecule has 0 bridgehead atoms. The Kier molecular flexibility index (Phi) is 10.5. The van der Waals surface area contributed by atoms with E-state index in [1.807, 2.05) is 0 Å². The van der Waals surface area contributed by atoms with Crippen molar-refractivity contribution in [1.29, 1.82) is 0 Å². The van der Waals surface area contributed by atoms with E-state index in [0.717, 1.165) is 12.8 Å². The van der Waals surface area contributed by atoms with Gasteiger partial charge in [0.15, 0.2) is 0 Å². The highest BCUT2D eigenvalue weighted by atomic mass is 16.5. The van der Waals surface area contributed by atoms with Crippen LogP contribution in [0.4, 0.5) is 0 Å². The van der Waals surface area contributed by atoms with Crippen LogP contribution in [0.3, 0.4) is 0 Å². The van der Waals surface area contributed by atoms with Gasteiger partial charge in [0, 0.05) is 13.7 Å². The monoisotopic (exact) mass is 231 g/mol. The zero-order valence-electron chi connectivity index (χ0n) is 10.8. The minimum Gasteiger partial charge on any atom is -0.468 e. The molecule has 1 unspecified atom stereocenters. The van der Waals surface area contributed by atoms with Crippen LogP contribution in [0, 0.1) is 0 Å². The molecule has 0 fully saturated rings. The Labute approximate surface area is 98.7 Å². The van der Waals surface area contributed by atoms with E-state index < -0.39 is 0 Å². The van der Waals surface area contributed by atoms with Gasteiger partial charge in [0.05, 0.1) is 13.7 Å². The third kappa shape index (κ3) is 7.65. The van der Waals surface area contributed by atoms with Crippen molar-refractivity contribution >= 4 is 5.97 Å². The Morgan fingerprint density at radius 1 is 1.25 bits per heavy atom. The molecule has 0 aliphatic rings. The van der Waals surface area contributed by atoms with Gasteiger partial charge in [0.1, 0.15) is 6.04 Å². The highest BCUT2D eigenvalue weighted by molar-refractivity contribution is 5.75. The number of esters is 1. The number of hydrogen-bond donors (Lipinski definition) is 1. The smallest absolute Gasteiger partial charge is 0.322 e. The summed E-state index contributed by atoms with van der Waals surface area (Å²) in [6.07, 6.45) is 5.52. The molecule has 0 aliphatic carbocycles. The maximum Gasteiger partial charge on any atom is 0.322 e. The number of carbonyl (C=O) groups excluding carboxylic acids is 1.